The Morgan fingerprint density at radius 2 is 1.64 bits per heavy atom. The predicted molar refractivity (Wildman–Crippen MR) is 92.5 cm³/mol. The Labute approximate surface area is 147 Å². The molecule has 2 aliphatic rings. The van der Waals surface area contributed by atoms with Gasteiger partial charge >= 0.3 is 0 Å². The molecule has 1 spiro atoms. The van der Waals surface area contributed by atoms with Gasteiger partial charge in [0.15, 0.2) is 0 Å². The molecule has 0 bridgehead atoms. The maximum atomic E-state index is 13.9. The summed E-state index contributed by atoms with van der Waals surface area (Å²) in [5.74, 6) is 0.199. The highest BCUT2D eigenvalue weighted by Crippen LogP contribution is 2.40. The molecule has 1 fully saturated rings. The topological polar surface area (TPSA) is 46.6 Å². The molecule has 0 saturated carbocycles. The lowest BCUT2D eigenvalue weighted by Gasteiger charge is -2.44. The monoisotopic (exact) mass is 361 g/mol. The Morgan fingerprint density at radius 3 is 2.40 bits per heavy atom. The lowest BCUT2D eigenvalue weighted by Crippen LogP contribution is -2.51. The SMILES string of the molecule is O=S(=O)(c1ccccc1F)N1CCC2(CCc3ccccc3O2)CC1. The number of halogens is 1. The molecule has 2 aromatic rings. The number of piperidine rings is 1. The Balaban J connectivity index is 1.52. The van der Waals surface area contributed by atoms with Gasteiger partial charge in [-0.05, 0) is 36.6 Å². The summed E-state index contributed by atoms with van der Waals surface area (Å²) in [6, 6.07) is 13.5. The number of sulfonamides is 1. The van der Waals surface area contributed by atoms with Gasteiger partial charge in [-0.25, -0.2) is 12.8 Å². The number of nitrogens with zero attached hydrogens (tertiary/aromatic N) is 1. The van der Waals surface area contributed by atoms with Gasteiger partial charge in [0.05, 0.1) is 0 Å². The lowest BCUT2D eigenvalue weighted by atomic mass is 9.84. The highest BCUT2D eigenvalue weighted by atomic mass is 32.2. The van der Waals surface area contributed by atoms with Crippen molar-refractivity contribution in [3.8, 4) is 5.75 Å². The first-order chi connectivity index (χ1) is 12.0. The average molecular weight is 361 g/mol. The molecular weight excluding hydrogens is 341 g/mol. The number of benzene rings is 2. The van der Waals surface area contributed by atoms with E-state index >= 15 is 0 Å². The molecule has 0 unspecified atom stereocenters. The van der Waals surface area contributed by atoms with E-state index < -0.39 is 15.8 Å². The number of aryl methyl sites for hydroxylation is 1. The molecule has 4 nitrogen and oxygen atoms in total. The van der Waals surface area contributed by atoms with Crippen LogP contribution in [0.5, 0.6) is 5.75 Å². The normalized spacial score (nSPS) is 20.0. The minimum absolute atomic E-state index is 0.249. The first-order valence-electron chi connectivity index (χ1n) is 8.52. The first kappa shape index (κ1) is 16.5. The second-order valence-corrected chi connectivity index (χ2v) is 8.63. The average Bonchev–Trinajstić information content (AvgIpc) is 2.62. The zero-order chi connectivity index (χ0) is 17.5. The van der Waals surface area contributed by atoms with E-state index in [0.717, 1.165) is 18.6 Å². The quantitative estimate of drug-likeness (QED) is 0.824. The van der Waals surface area contributed by atoms with Crippen molar-refractivity contribution in [2.45, 2.75) is 36.2 Å². The van der Waals surface area contributed by atoms with Crippen molar-refractivity contribution in [1.82, 2.24) is 4.31 Å². The molecule has 2 aliphatic heterocycles. The van der Waals surface area contributed by atoms with Crippen LogP contribution in [0, 0.1) is 5.82 Å². The molecule has 0 N–H and O–H groups in total. The molecule has 1 saturated heterocycles. The van der Waals surface area contributed by atoms with E-state index in [9.17, 15) is 12.8 Å². The smallest absolute Gasteiger partial charge is 0.245 e. The van der Waals surface area contributed by atoms with Crippen LogP contribution in [-0.2, 0) is 16.4 Å². The molecule has 6 heteroatoms. The van der Waals surface area contributed by atoms with Crippen LogP contribution in [0.3, 0.4) is 0 Å². The maximum Gasteiger partial charge on any atom is 0.245 e. The van der Waals surface area contributed by atoms with E-state index in [4.69, 9.17) is 4.74 Å². The minimum atomic E-state index is -3.81. The summed E-state index contributed by atoms with van der Waals surface area (Å²) in [7, 11) is -3.81. The molecule has 0 aliphatic carbocycles. The van der Waals surface area contributed by atoms with Crippen LogP contribution < -0.4 is 4.74 Å². The van der Waals surface area contributed by atoms with Gasteiger partial charge in [0.25, 0.3) is 0 Å². The highest BCUT2D eigenvalue weighted by molar-refractivity contribution is 7.89. The Bertz CT molecular complexity index is 889. The fourth-order valence-corrected chi connectivity index (χ4v) is 5.24. The molecular formula is C19H20FNO3S. The number of fused-ring (bicyclic) bond motifs is 1. The molecule has 0 atom stereocenters. The third-order valence-electron chi connectivity index (χ3n) is 5.24. The van der Waals surface area contributed by atoms with Gasteiger partial charge in [-0.3, -0.25) is 0 Å². The minimum Gasteiger partial charge on any atom is -0.487 e. The second-order valence-electron chi connectivity index (χ2n) is 6.73. The molecule has 0 aromatic heterocycles. The summed E-state index contributed by atoms with van der Waals surface area (Å²) in [6.07, 6.45) is 3.07. The fourth-order valence-electron chi connectivity index (χ4n) is 3.74. The van der Waals surface area contributed by atoms with Crippen molar-refractivity contribution < 1.29 is 17.5 Å². The molecule has 25 heavy (non-hydrogen) atoms. The van der Waals surface area contributed by atoms with Crippen molar-refractivity contribution in [2.75, 3.05) is 13.1 Å². The van der Waals surface area contributed by atoms with Gasteiger partial charge in [0, 0.05) is 25.9 Å². The van der Waals surface area contributed by atoms with E-state index in [2.05, 4.69) is 6.07 Å². The Hall–Kier alpha value is -1.92. The van der Waals surface area contributed by atoms with Gasteiger partial charge in [-0.1, -0.05) is 30.3 Å². The molecule has 2 heterocycles. The standard InChI is InChI=1S/C19H20FNO3S/c20-16-6-2-4-8-18(16)25(22,23)21-13-11-19(12-14-21)10-9-15-5-1-3-7-17(15)24-19/h1-8H,9-14H2. The molecule has 132 valence electrons. The van der Waals surface area contributed by atoms with Crippen molar-refractivity contribution >= 4 is 10.0 Å². The predicted octanol–water partition coefficient (Wildman–Crippen LogP) is 3.37. The molecule has 0 amide bonds. The van der Waals surface area contributed by atoms with Crippen LogP contribution in [0.1, 0.15) is 24.8 Å². The molecule has 0 radical (unpaired) electrons. The Morgan fingerprint density at radius 1 is 0.960 bits per heavy atom. The summed E-state index contributed by atoms with van der Waals surface area (Å²) < 4.78 is 47.0. The van der Waals surface area contributed by atoms with Crippen LogP contribution in [0.2, 0.25) is 0 Å². The van der Waals surface area contributed by atoms with Gasteiger partial charge in [0.1, 0.15) is 22.1 Å². The summed E-state index contributed by atoms with van der Waals surface area (Å²) >= 11 is 0. The van der Waals surface area contributed by atoms with Crippen LogP contribution in [0.15, 0.2) is 53.4 Å². The number of ether oxygens (including phenoxy) is 1. The number of para-hydroxylation sites is 1. The summed E-state index contributed by atoms with van der Waals surface area (Å²) in [6.45, 7) is 0.692. The van der Waals surface area contributed by atoms with Gasteiger partial charge in [0.2, 0.25) is 10.0 Å². The van der Waals surface area contributed by atoms with Gasteiger partial charge in [-0.15, -0.1) is 0 Å². The van der Waals surface area contributed by atoms with Crippen molar-refractivity contribution in [2.24, 2.45) is 0 Å². The van der Waals surface area contributed by atoms with Crippen LogP contribution in [0.25, 0.3) is 0 Å². The van der Waals surface area contributed by atoms with Crippen molar-refractivity contribution in [3.05, 3.63) is 59.9 Å². The third-order valence-corrected chi connectivity index (χ3v) is 7.17. The van der Waals surface area contributed by atoms with Crippen LogP contribution in [0.4, 0.5) is 4.39 Å². The van der Waals surface area contributed by atoms with Crippen molar-refractivity contribution in [3.63, 3.8) is 0 Å². The van der Waals surface area contributed by atoms with Crippen molar-refractivity contribution in [1.29, 1.82) is 0 Å². The summed E-state index contributed by atoms with van der Waals surface area (Å²) in [4.78, 5) is -0.249. The van der Waals surface area contributed by atoms with E-state index in [1.54, 1.807) is 6.07 Å². The van der Waals surface area contributed by atoms with E-state index in [1.807, 2.05) is 18.2 Å². The molecule has 4 rings (SSSR count). The zero-order valence-corrected chi connectivity index (χ0v) is 14.6. The maximum absolute atomic E-state index is 13.9. The lowest BCUT2D eigenvalue weighted by molar-refractivity contribution is 0.00178. The van der Waals surface area contributed by atoms with Crippen LogP contribution >= 0.6 is 0 Å². The van der Waals surface area contributed by atoms with E-state index in [0.29, 0.717) is 25.9 Å². The third kappa shape index (κ3) is 2.93. The van der Waals surface area contributed by atoms with Crippen LogP contribution in [-0.4, -0.2) is 31.4 Å². The zero-order valence-electron chi connectivity index (χ0n) is 13.8. The highest BCUT2D eigenvalue weighted by Gasteiger charge is 2.42. The van der Waals surface area contributed by atoms with Gasteiger partial charge < -0.3 is 4.74 Å². The summed E-state index contributed by atoms with van der Waals surface area (Å²) in [5.41, 5.74) is 0.893. The fraction of sp³-hybridized carbons (Fsp3) is 0.368. The largest absolute Gasteiger partial charge is 0.487 e. The number of hydrogen-bond donors (Lipinski definition) is 0. The van der Waals surface area contributed by atoms with E-state index in [1.165, 1.54) is 28.1 Å². The summed E-state index contributed by atoms with van der Waals surface area (Å²) in [5, 5.41) is 0. The Kier molecular flexibility index (Phi) is 4.04. The first-order valence-corrected chi connectivity index (χ1v) is 9.96. The van der Waals surface area contributed by atoms with Gasteiger partial charge in [-0.2, -0.15) is 4.31 Å². The number of rotatable bonds is 2. The second kappa shape index (κ2) is 6.11. The number of hydrogen-bond acceptors (Lipinski definition) is 3. The molecule has 2 aromatic carbocycles. The van der Waals surface area contributed by atoms with E-state index in [-0.39, 0.29) is 10.5 Å².